The van der Waals surface area contributed by atoms with Crippen molar-refractivity contribution in [1.82, 2.24) is 0 Å². The maximum absolute atomic E-state index is 13.7. The number of benzene rings is 9. The maximum atomic E-state index is 13.7. The standard InChI is InChI=1S/C59H42O2/c1-2-3-4-5-6-10-26-61-38(60)14-11-25-57(27-12-8-7-9-13-27)58-36-23-24-37-35-22-20-33-31-18-16-29-28-15-17-30-32-19-21-34(36)45-43(32)48-41(30)39(28)47-40(29)42(31)49-44(33)46(35)56(59(37,57)58)54-52(49)50(47)51(48)53(54)55(45)58/h7-9,12-13,15-22,36-37H,2-6,10-11,14,23-26H2,1H3. The number of hydrogen-bond acceptors (Lipinski definition) is 2. The number of carbonyl (C=O) groups excluding carboxylic acids is 1. The van der Waals surface area contributed by atoms with E-state index in [0.717, 1.165) is 25.7 Å². The zero-order chi connectivity index (χ0) is 39.2. The van der Waals surface area contributed by atoms with Crippen molar-refractivity contribution < 1.29 is 9.53 Å². The molecule has 0 amide bonds. The van der Waals surface area contributed by atoms with Crippen LogP contribution in [-0.4, -0.2) is 12.6 Å². The summed E-state index contributed by atoms with van der Waals surface area (Å²) in [5.41, 5.74) is 7.93. The molecule has 5 aliphatic rings. The number of fused-ring (bicyclic) bond motifs is 5. The average molecular weight is 783 g/mol. The molecule has 2 heteroatoms. The van der Waals surface area contributed by atoms with Crippen molar-refractivity contribution in [2.24, 2.45) is 0 Å². The number of hydrogen-bond donors (Lipinski definition) is 0. The van der Waals surface area contributed by atoms with Gasteiger partial charge in [-0.1, -0.05) is 118 Å². The molecule has 0 N–H and O–H groups in total. The topological polar surface area (TPSA) is 26.3 Å². The first-order valence-corrected chi connectivity index (χ1v) is 23.9. The predicted molar refractivity (Wildman–Crippen MR) is 253 cm³/mol. The fraction of sp³-hybridized carbons (Fsp3) is 0.305. The Labute approximate surface area is 351 Å². The van der Waals surface area contributed by atoms with Crippen LogP contribution in [0.1, 0.15) is 117 Å². The number of rotatable bonds is 12. The lowest BCUT2D eigenvalue weighted by Crippen LogP contribution is -2.34. The number of esters is 1. The minimum absolute atomic E-state index is 0.00242. The van der Waals surface area contributed by atoms with Crippen LogP contribution in [0.3, 0.4) is 0 Å². The Kier molecular flexibility index (Phi) is 4.78. The summed E-state index contributed by atoms with van der Waals surface area (Å²) < 4.78 is 6.01. The Morgan fingerprint density at radius 1 is 0.492 bits per heavy atom. The van der Waals surface area contributed by atoms with E-state index in [1.807, 2.05) is 0 Å². The molecule has 2 saturated carbocycles. The van der Waals surface area contributed by atoms with E-state index in [0.29, 0.717) is 24.9 Å². The highest BCUT2D eigenvalue weighted by Crippen LogP contribution is 2.97. The molecular weight excluding hydrogens is 741 g/mol. The zero-order valence-corrected chi connectivity index (χ0v) is 34.5. The Balaban J connectivity index is 0.985. The lowest BCUT2D eigenvalue weighted by atomic mass is 9.62. The van der Waals surface area contributed by atoms with E-state index in [1.54, 1.807) is 86.9 Å². The highest BCUT2D eigenvalue weighted by Gasteiger charge is 2.95. The van der Waals surface area contributed by atoms with Crippen LogP contribution in [0.15, 0.2) is 78.9 Å². The summed E-state index contributed by atoms with van der Waals surface area (Å²) in [7, 11) is 0. The molecule has 2 spiro atoms. The molecule has 13 aromatic carbocycles. The van der Waals surface area contributed by atoms with Gasteiger partial charge >= 0.3 is 5.97 Å². The number of carbonyl (C=O) groups is 1. The van der Waals surface area contributed by atoms with Gasteiger partial charge < -0.3 is 4.74 Å². The largest absolute Gasteiger partial charge is 0.466 e. The lowest BCUT2D eigenvalue weighted by Gasteiger charge is -2.39. The fourth-order valence-corrected chi connectivity index (χ4v) is 18.4. The van der Waals surface area contributed by atoms with Gasteiger partial charge in [-0.25, -0.2) is 0 Å². The first-order chi connectivity index (χ1) is 30.2. The van der Waals surface area contributed by atoms with Gasteiger partial charge in [0.2, 0.25) is 0 Å². The summed E-state index contributed by atoms with van der Waals surface area (Å²) in [6.07, 6.45) is 12.0. The van der Waals surface area contributed by atoms with Gasteiger partial charge in [0.05, 0.1) is 6.61 Å². The molecule has 0 aliphatic heterocycles. The van der Waals surface area contributed by atoms with Gasteiger partial charge in [0.25, 0.3) is 0 Å². The molecule has 18 rings (SSSR count). The highest BCUT2D eigenvalue weighted by atomic mass is 16.5. The lowest BCUT2D eigenvalue weighted by molar-refractivity contribution is -0.143. The van der Waals surface area contributed by atoms with Gasteiger partial charge in [-0.3, -0.25) is 4.79 Å². The molecule has 2 nitrogen and oxygen atoms in total. The number of ether oxygens (including phenoxy) is 1. The first-order valence-electron chi connectivity index (χ1n) is 23.9. The smallest absolute Gasteiger partial charge is 0.305 e. The summed E-state index contributed by atoms with van der Waals surface area (Å²) in [4.78, 5) is 13.7. The van der Waals surface area contributed by atoms with Crippen molar-refractivity contribution in [2.75, 3.05) is 6.61 Å². The van der Waals surface area contributed by atoms with E-state index in [-0.39, 0.29) is 22.2 Å². The molecule has 290 valence electrons. The minimum Gasteiger partial charge on any atom is -0.466 e. The van der Waals surface area contributed by atoms with Gasteiger partial charge in [-0.15, -0.1) is 0 Å². The molecule has 0 radical (unpaired) electrons. The minimum atomic E-state index is -0.146. The van der Waals surface area contributed by atoms with Crippen LogP contribution < -0.4 is 0 Å². The van der Waals surface area contributed by atoms with Gasteiger partial charge in [0.15, 0.2) is 0 Å². The van der Waals surface area contributed by atoms with Crippen LogP contribution in [0.25, 0.3) is 118 Å². The second-order valence-electron chi connectivity index (χ2n) is 20.9. The Morgan fingerprint density at radius 3 is 1.46 bits per heavy atom. The molecule has 13 aromatic rings. The zero-order valence-electron chi connectivity index (χ0n) is 34.5. The van der Waals surface area contributed by atoms with Crippen molar-refractivity contribution in [3.63, 3.8) is 0 Å². The predicted octanol–water partition coefficient (Wildman–Crippen LogP) is 15.4. The van der Waals surface area contributed by atoms with E-state index in [2.05, 4.69) is 85.8 Å². The van der Waals surface area contributed by atoms with Gasteiger partial charge in [-0.05, 0) is 190 Å². The van der Waals surface area contributed by atoms with Crippen LogP contribution in [0.2, 0.25) is 0 Å². The van der Waals surface area contributed by atoms with E-state index in [4.69, 9.17) is 4.74 Å². The van der Waals surface area contributed by atoms with E-state index in [1.165, 1.54) is 98.0 Å². The van der Waals surface area contributed by atoms with E-state index in [9.17, 15) is 4.79 Å². The monoisotopic (exact) mass is 782 g/mol. The molecule has 61 heavy (non-hydrogen) atoms. The molecule has 4 unspecified atom stereocenters. The summed E-state index contributed by atoms with van der Waals surface area (Å²) >= 11 is 0. The quantitative estimate of drug-likeness (QED) is 0.0701. The van der Waals surface area contributed by atoms with Crippen LogP contribution in [0, 0.1) is 0 Å². The number of unbranched alkanes of at least 4 members (excludes halogenated alkanes) is 5. The van der Waals surface area contributed by atoms with Crippen LogP contribution in [-0.2, 0) is 25.8 Å². The molecule has 5 aliphatic carbocycles. The van der Waals surface area contributed by atoms with Crippen molar-refractivity contribution in [3.05, 3.63) is 107 Å². The highest BCUT2D eigenvalue weighted by molar-refractivity contribution is 6.64. The average Bonchev–Trinajstić information content (AvgIpc) is 3.94. The molecule has 0 saturated heterocycles. The second kappa shape index (κ2) is 9.36. The third kappa shape index (κ3) is 2.61. The molecule has 0 aromatic heterocycles. The van der Waals surface area contributed by atoms with Gasteiger partial charge in [0.1, 0.15) is 0 Å². The van der Waals surface area contributed by atoms with E-state index >= 15 is 0 Å². The summed E-state index contributed by atoms with van der Waals surface area (Å²) in [5.74, 6) is 0.878. The normalized spacial score (nSPS) is 25.9. The van der Waals surface area contributed by atoms with Crippen LogP contribution >= 0.6 is 0 Å². The second-order valence-corrected chi connectivity index (χ2v) is 20.9. The van der Waals surface area contributed by atoms with E-state index < -0.39 is 0 Å². The molecule has 0 heterocycles. The van der Waals surface area contributed by atoms with Crippen LogP contribution in [0.4, 0.5) is 0 Å². The van der Waals surface area contributed by atoms with Crippen molar-refractivity contribution in [2.45, 2.75) is 106 Å². The Bertz CT molecular complexity index is 3860. The summed E-state index contributed by atoms with van der Waals surface area (Å²) in [5, 5.41) is 34.0. The first kappa shape index (κ1) is 31.2. The van der Waals surface area contributed by atoms with Crippen molar-refractivity contribution in [1.29, 1.82) is 0 Å². The summed E-state index contributed by atoms with van der Waals surface area (Å²) in [6.45, 7) is 2.82. The molecule has 4 atom stereocenters. The van der Waals surface area contributed by atoms with Gasteiger partial charge in [-0.2, -0.15) is 0 Å². The third-order valence-corrected chi connectivity index (χ3v) is 19.5. The molecule has 2 fully saturated rings. The van der Waals surface area contributed by atoms with Crippen molar-refractivity contribution >= 4 is 124 Å². The Hall–Kier alpha value is -5.73. The molecule has 0 bridgehead atoms. The fourth-order valence-electron chi connectivity index (χ4n) is 18.4. The maximum Gasteiger partial charge on any atom is 0.305 e. The third-order valence-electron chi connectivity index (χ3n) is 19.5. The summed E-state index contributed by atoms with van der Waals surface area (Å²) in [6, 6.07) is 32.2. The van der Waals surface area contributed by atoms with Crippen molar-refractivity contribution in [3.8, 4) is 0 Å². The SMILES string of the molecule is CCCCCCCCOC(=O)CCCC1(c2ccccc2)C23c4c5c6ccc7c8ccc9c%10ccc%11c%12ccc%13c%14c(c%15c4c4c(c57)c8c9c5c%10c%11c(c%14%12)c%15c45)C12C%13CCC63. The van der Waals surface area contributed by atoms with Crippen LogP contribution in [0.5, 0.6) is 0 Å². The molecular formula is C59H42O2. The Morgan fingerprint density at radius 2 is 0.934 bits per heavy atom. The van der Waals surface area contributed by atoms with Gasteiger partial charge in [0, 0.05) is 22.7 Å².